The summed E-state index contributed by atoms with van der Waals surface area (Å²) in [4.78, 5) is 0. The SMILES string of the molecule is C#CC#CC#CC#CC#CC#CC#CC#CC#CC#CC#CC#CC#CC#CC#CC#CC#CC#CC#CC#CC#CC#CC#CC#CC#CC#CC#N. The molecule has 0 rings (SSSR count). The van der Waals surface area contributed by atoms with Gasteiger partial charge in [-0.1, -0.05) is 0 Å². The molecule has 0 fully saturated rings. The Morgan fingerprint density at radius 2 is 0.241 bits per heavy atom. The number of nitriles is 1. The Morgan fingerprint density at radius 3 is 0.333 bits per heavy atom. The van der Waals surface area contributed by atoms with E-state index < -0.39 is 0 Å². The average Bonchev–Trinajstić information content (AvgIpc) is 3.18. The quantitative estimate of drug-likeness (QED) is 0.345. The third-order valence-electron chi connectivity index (χ3n) is 3.19. The van der Waals surface area contributed by atoms with Gasteiger partial charge in [0.05, 0.1) is 0 Å². The molecule has 0 aromatic carbocycles. The molecule has 0 aromatic heterocycles. The van der Waals surface area contributed by atoms with Crippen LogP contribution in [-0.4, -0.2) is 0 Å². The summed E-state index contributed by atoms with van der Waals surface area (Å²) in [7, 11) is 0. The molecule has 0 atom stereocenters. The van der Waals surface area contributed by atoms with Gasteiger partial charge in [-0.2, -0.15) is 5.26 Å². The Hall–Kier alpha value is -12.0. The van der Waals surface area contributed by atoms with Crippen molar-refractivity contribution in [3.8, 4) is 314 Å². The zero-order chi connectivity index (χ0) is 38.8. The maximum absolute atomic E-state index is 8.19. The standard InChI is InChI=1S/C53HN/c1-2-3-4-5-6-7-8-9-10-11-12-13-14-15-16-17-18-19-20-21-22-23-24-25-26-27-28-29-30-31-32-33-34-35-36-37-38-39-40-41-42-43-44-45-46-47-48-49-50-51-52-53-54/h1H. The third-order valence-corrected chi connectivity index (χ3v) is 3.19. The second-order valence-corrected chi connectivity index (χ2v) is 6.51. The molecule has 0 amide bonds. The zero-order valence-corrected chi connectivity index (χ0v) is 27.0. The summed E-state index contributed by atoms with van der Waals surface area (Å²) in [6.07, 6.45) is 4.94. The smallest absolute Gasteiger partial charge is 0.153 e. The average molecular weight is 652 g/mol. The highest BCUT2D eigenvalue weighted by Gasteiger charge is 1.62. The fraction of sp³-hybridized carbons (Fsp3) is 0. The highest BCUT2D eigenvalue weighted by molar-refractivity contribution is 5.51. The molecule has 218 valence electrons. The summed E-state index contributed by atoms with van der Waals surface area (Å²) in [5.41, 5.74) is 0. The Bertz CT molecular complexity index is 3140. The minimum Gasteiger partial charge on any atom is -0.183 e. The van der Waals surface area contributed by atoms with Crippen LogP contribution >= 0.6 is 0 Å². The zero-order valence-electron chi connectivity index (χ0n) is 27.0. The van der Waals surface area contributed by atoms with E-state index in [4.69, 9.17) is 11.7 Å². The molecule has 0 aromatic rings. The Morgan fingerprint density at radius 1 is 0.148 bits per heavy atom. The summed E-state index contributed by atoms with van der Waals surface area (Å²) in [5.74, 6) is 125. The lowest BCUT2D eigenvalue weighted by Gasteiger charge is -1.57. The van der Waals surface area contributed by atoms with Crippen LogP contribution in [0.2, 0.25) is 0 Å². The molecule has 0 aliphatic rings. The van der Waals surface area contributed by atoms with Crippen molar-refractivity contribution < 1.29 is 0 Å². The molecule has 0 heterocycles. The van der Waals surface area contributed by atoms with Crippen LogP contribution in [0.4, 0.5) is 0 Å². The van der Waals surface area contributed by atoms with E-state index in [1.807, 2.05) is 0 Å². The largest absolute Gasteiger partial charge is 0.183 e. The lowest BCUT2D eigenvalue weighted by atomic mass is 10.4. The van der Waals surface area contributed by atoms with Crippen molar-refractivity contribution in [2.45, 2.75) is 0 Å². The van der Waals surface area contributed by atoms with Gasteiger partial charge in [0.1, 0.15) is 0 Å². The van der Waals surface area contributed by atoms with Crippen molar-refractivity contribution in [1.82, 2.24) is 0 Å². The van der Waals surface area contributed by atoms with Crippen LogP contribution in [0.5, 0.6) is 0 Å². The van der Waals surface area contributed by atoms with Gasteiger partial charge in [0.25, 0.3) is 0 Å². The number of hydrogen-bond donors (Lipinski definition) is 0. The van der Waals surface area contributed by atoms with Gasteiger partial charge < -0.3 is 0 Å². The summed E-state index contributed by atoms with van der Waals surface area (Å²) < 4.78 is 0. The monoisotopic (exact) mass is 651 g/mol. The van der Waals surface area contributed by atoms with Crippen LogP contribution in [0.1, 0.15) is 0 Å². The first-order valence-corrected chi connectivity index (χ1v) is 13.3. The normalized spacial score (nSPS) is 3.89. The van der Waals surface area contributed by atoms with Gasteiger partial charge in [-0.3, -0.25) is 0 Å². The van der Waals surface area contributed by atoms with Crippen molar-refractivity contribution >= 4 is 0 Å². The third kappa shape index (κ3) is 40.1. The maximum atomic E-state index is 8.19. The van der Waals surface area contributed by atoms with Gasteiger partial charge in [0.2, 0.25) is 0 Å². The number of nitrogens with zero attached hydrogens (tertiary/aromatic N) is 1. The van der Waals surface area contributed by atoms with Crippen molar-refractivity contribution in [2.24, 2.45) is 0 Å². The molecule has 54 heavy (non-hydrogen) atoms. The minimum absolute atomic E-state index is 1.62. The summed E-state index contributed by atoms with van der Waals surface area (Å²) in [6.45, 7) is 0. The van der Waals surface area contributed by atoms with Crippen LogP contribution in [-0.2, 0) is 0 Å². The molecule has 1 heteroatoms. The molecule has 0 saturated carbocycles. The van der Waals surface area contributed by atoms with Crippen molar-refractivity contribution in [1.29, 1.82) is 5.26 Å². The summed E-state index contributed by atoms with van der Waals surface area (Å²) >= 11 is 0. The van der Waals surface area contributed by atoms with Crippen LogP contribution in [0.15, 0.2) is 0 Å². The highest BCUT2D eigenvalue weighted by atomic mass is 14.2. The lowest BCUT2D eigenvalue weighted by molar-refractivity contribution is 1.55. The van der Waals surface area contributed by atoms with Crippen LogP contribution in [0.3, 0.4) is 0 Å². The first-order chi connectivity index (χ1) is 26.9. The minimum atomic E-state index is 1.62. The number of hydrogen-bond acceptors (Lipinski definition) is 1. The Labute approximate surface area is 318 Å². The molecule has 0 unspecified atom stereocenters. The van der Waals surface area contributed by atoms with E-state index in [0.717, 1.165) is 0 Å². The van der Waals surface area contributed by atoms with Crippen molar-refractivity contribution in [2.75, 3.05) is 0 Å². The van der Waals surface area contributed by atoms with Crippen molar-refractivity contribution in [3.05, 3.63) is 0 Å². The van der Waals surface area contributed by atoms with E-state index in [1.54, 1.807) is 6.07 Å². The van der Waals surface area contributed by atoms with Crippen LogP contribution in [0, 0.1) is 320 Å². The van der Waals surface area contributed by atoms with E-state index in [2.05, 4.69) is 302 Å². The molecule has 0 aliphatic carbocycles. The van der Waals surface area contributed by atoms with Gasteiger partial charge in [0, 0.05) is 255 Å². The second kappa shape index (κ2) is 41.0. The molecule has 0 spiro atoms. The molecule has 1 nitrogen and oxygen atoms in total. The topological polar surface area (TPSA) is 23.8 Å². The molecule has 0 aliphatic heterocycles. The van der Waals surface area contributed by atoms with E-state index in [-0.39, 0.29) is 0 Å². The molecule has 0 N–H and O–H groups in total. The predicted molar refractivity (Wildman–Crippen MR) is 209 cm³/mol. The fourth-order valence-electron chi connectivity index (χ4n) is 1.56. The van der Waals surface area contributed by atoms with E-state index in [0.29, 0.717) is 0 Å². The second-order valence-electron chi connectivity index (χ2n) is 6.51. The number of terminal acetylenes is 1. The van der Waals surface area contributed by atoms with E-state index in [9.17, 15) is 0 Å². The molecule has 0 saturated heterocycles. The highest BCUT2D eigenvalue weighted by Crippen LogP contribution is 1.62. The lowest BCUT2D eigenvalue weighted by Crippen LogP contribution is -1.57. The number of rotatable bonds is 0. The van der Waals surface area contributed by atoms with Crippen molar-refractivity contribution in [3.63, 3.8) is 0 Å². The first-order valence-electron chi connectivity index (χ1n) is 13.3. The Kier molecular flexibility index (Phi) is 32.0. The Balaban J connectivity index is 4.57. The molecular formula is C53HN. The summed E-state index contributed by atoms with van der Waals surface area (Å²) in [6, 6.07) is 1.62. The van der Waals surface area contributed by atoms with Gasteiger partial charge in [-0.15, -0.1) is 6.42 Å². The van der Waals surface area contributed by atoms with Gasteiger partial charge >= 0.3 is 0 Å². The van der Waals surface area contributed by atoms with Gasteiger partial charge in [-0.25, -0.2) is 0 Å². The molecule has 0 bridgehead atoms. The first kappa shape index (κ1) is 42.0. The van der Waals surface area contributed by atoms with Gasteiger partial charge in [-0.05, 0) is 47.4 Å². The predicted octanol–water partition coefficient (Wildman–Crippen LogP) is 0.228. The van der Waals surface area contributed by atoms with Crippen LogP contribution < -0.4 is 0 Å². The molecular weight excluding hydrogens is 651 g/mol. The molecule has 0 radical (unpaired) electrons. The van der Waals surface area contributed by atoms with Crippen LogP contribution in [0.25, 0.3) is 0 Å². The maximum Gasteiger partial charge on any atom is 0.153 e. The van der Waals surface area contributed by atoms with Gasteiger partial charge in [0.15, 0.2) is 6.07 Å². The summed E-state index contributed by atoms with van der Waals surface area (Å²) in [5, 5.41) is 8.19. The van der Waals surface area contributed by atoms with E-state index >= 15 is 0 Å². The van der Waals surface area contributed by atoms with E-state index in [1.165, 1.54) is 0 Å². The fourth-order valence-corrected chi connectivity index (χ4v) is 1.56.